The fraction of sp³-hybridized carbons (Fsp3) is 0.455. The van der Waals surface area contributed by atoms with E-state index in [2.05, 4.69) is 11.3 Å². The number of alkyl halides is 1. The maximum atomic E-state index is 13.4. The van der Waals surface area contributed by atoms with Gasteiger partial charge in [-0.1, -0.05) is 57.0 Å². The molecule has 4 atom stereocenters. The monoisotopic (exact) mass is 1730 g/mol. The van der Waals surface area contributed by atoms with Gasteiger partial charge in [-0.3, -0.25) is 27.8 Å². The molecule has 1 aliphatic heterocycles. The first-order chi connectivity index (χ1) is 49.2. The van der Waals surface area contributed by atoms with Crippen LogP contribution in [-0.2, 0) is 55.4 Å². The molecule has 1 fully saturated rings. The molecule has 1 saturated heterocycles. The number of aliphatic hydroxyl groups is 3. The van der Waals surface area contributed by atoms with Gasteiger partial charge in [0.15, 0.2) is 6.29 Å². The molecule has 1 aliphatic rings. The zero-order chi connectivity index (χ0) is 82.6. The summed E-state index contributed by atoms with van der Waals surface area (Å²) in [5.41, 5.74) is 8.21. The van der Waals surface area contributed by atoms with Crippen molar-refractivity contribution in [1.82, 2.24) is 0 Å². The number of hydrogen-bond donors (Lipinski definition) is 4. The molecule has 1 heterocycles. The Morgan fingerprint density at radius 1 is 0.600 bits per heavy atom. The number of aryl methyl sites for hydroxylation is 5. The van der Waals surface area contributed by atoms with Crippen LogP contribution in [0, 0.1) is 69.5 Å². The van der Waals surface area contributed by atoms with Crippen LogP contribution in [0.1, 0.15) is 191 Å². The van der Waals surface area contributed by atoms with Crippen molar-refractivity contribution in [3.8, 4) is 5.75 Å². The molecule has 105 heavy (non-hydrogen) atoms. The van der Waals surface area contributed by atoms with Crippen LogP contribution in [0.3, 0.4) is 0 Å². The SMILES string of the molecule is C=COC(=O)CCC.CC(C)O.CCCC(=O)OC[C@H](OC(C)C)c1cc(F)ccc1C.CS(C)(C)(=O)I.Cc1ccc(F)cc1C(CO)OC(C)C.Cc1ccc(F)cc1C1CO1.Cc1ccc(F)cc1C=O.Cc1ccc(F)cc1[C@H](CO)OC(C)C.O=Cc1cc(F)ccc1O.[2H]CF.[Cl][Fe]([Cl])[Cl]. The second kappa shape index (κ2) is 58.6. The van der Waals surface area contributed by atoms with Crippen LogP contribution in [-0.4, -0.2) is 126 Å². The number of hydrogen-bond acceptors (Lipinski definition) is 15. The number of halogens is 11. The van der Waals surface area contributed by atoms with Crippen molar-refractivity contribution in [2.24, 2.45) is 0 Å². The molecule has 597 valence electrons. The quantitative estimate of drug-likeness (QED) is 0.00768. The third kappa shape index (κ3) is 58.4. The van der Waals surface area contributed by atoms with Gasteiger partial charge in [-0.25, -0.2) is 26.3 Å². The Kier molecular flexibility index (Phi) is 58.0. The number of ether oxygens (including phenoxy) is 6. The van der Waals surface area contributed by atoms with Crippen LogP contribution in [0.5, 0.6) is 5.75 Å². The van der Waals surface area contributed by atoms with Crippen molar-refractivity contribution in [3.63, 3.8) is 0 Å². The predicted molar refractivity (Wildman–Crippen MR) is 413 cm³/mol. The van der Waals surface area contributed by atoms with Gasteiger partial charge >= 0.3 is 53.4 Å². The number of esters is 2. The fourth-order valence-corrected chi connectivity index (χ4v) is 7.84. The van der Waals surface area contributed by atoms with Gasteiger partial charge in [-0.05, 0) is 251 Å². The summed E-state index contributed by atoms with van der Waals surface area (Å²) in [4.78, 5) is 42.1. The molecule has 0 aromatic heterocycles. The minimum absolute atomic E-state index is 0.00446. The summed E-state index contributed by atoms with van der Waals surface area (Å²) >= 11 is 0.631. The number of aldehydes is 2. The van der Waals surface area contributed by atoms with Crippen molar-refractivity contribution >= 4 is 82.2 Å². The first-order valence-electron chi connectivity index (χ1n) is 33.4. The van der Waals surface area contributed by atoms with Gasteiger partial charge in [-0.15, -0.1) is 0 Å². The number of benzene rings is 6. The number of epoxide rings is 1. The summed E-state index contributed by atoms with van der Waals surface area (Å²) in [6, 6.07) is 25.7. The Bertz CT molecular complexity index is 3380. The molecular formula is C77H108Cl3F7FeIO15S. The molecule has 0 aliphatic carbocycles. The molecule has 6 aromatic carbocycles. The van der Waals surface area contributed by atoms with E-state index in [1.807, 2.05) is 104 Å². The zero-order valence-corrected chi connectivity index (χ0v) is 69.4. The average Bonchev–Trinajstić information content (AvgIpc) is 1.62. The summed E-state index contributed by atoms with van der Waals surface area (Å²) in [5, 5.41) is 35.3. The number of aliphatic hydroxyl groups excluding tert-OH is 3. The van der Waals surface area contributed by atoms with Crippen LogP contribution < -0.4 is 0 Å². The van der Waals surface area contributed by atoms with Gasteiger partial charge in [0.05, 0.1) is 58.5 Å². The number of carbonyl (C=O) groups excluding carboxylic acids is 4. The Hall–Kier alpha value is -5.36. The first-order valence-corrected chi connectivity index (χ1v) is 42.9. The van der Waals surface area contributed by atoms with Crippen LogP contribution in [0.2, 0.25) is 0 Å². The summed E-state index contributed by atoms with van der Waals surface area (Å²) in [6.45, 7) is 31.8. The van der Waals surface area contributed by atoms with E-state index >= 15 is 0 Å². The van der Waals surface area contributed by atoms with E-state index < -0.39 is 48.7 Å². The molecule has 2 unspecified atom stereocenters. The molecule has 0 radical (unpaired) electrons. The molecule has 4 N–H and O–H groups in total. The Labute approximate surface area is 647 Å². The van der Waals surface area contributed by atoms with Crippen LogP contribution in [0.15, 0.2) is 122 Å². The fourth-order valence-electron chi connectivity index (χ4n) is 7.84. The predicted octanol–water partition coefficient (Wildman–Crippen LogP) is 20.2. The Morgan fingerprint density at radius 3 is 1.20 bits per heavy atom. The number of phenolic OH excluding ortho intramolecular Hbond substituents is 1. The molecular weight excluding hydrogens is 1620 g/mol. The van der Waals surface area contributed by atoms with Crippen molar-refractivity contribution in [2.45, 2.75) is 178 Å². The number of carbonyl (C=O) groups is 4. The summed E-state index contributed by atoms with van der Waals surface area (Å²) in [5.74, 6) is -2.66. The van der Waals surface area contributed by atoms with E-state index in [-0.39, 0.29) is 103 Å². The van der Waals surface area contributed by atoms with E-state index in [0.717, 1.165) is 82.9 Å². The van der Waals surface area contributed by atoms with E-state index in [1.165, 1.54) is 54.6 Å². The third-order valence-electron chi connectivity index (χ3n) is 12.3. The van der Waals surface area contributed by atoms with Crippen LogP contribution in [0.25, 0.3) is 0 Å². The van der Waals surface area contributed by atoms with Gasteiger partial charge in [0.25, 0.3) is 0 Å². The minimum atomic E-state index is -2.13. The molecule has 15 nitrogen and oxygen atoms in total. The second-order valence-corrected chi connectivity index (χ2v) is 43.5. The van der Waals surface area contributed by atoms with Gasteiger partial charge in [-0.2, -0.15) is 0 Å². The van der Waals surface area contributed by atoms with Crippen molar-refractivity contribution < 1.29 is 116 Å². The topological polar surface area (TPSA) is 225 Å². The summed E-state index contributed by atoms with van der Waals surface area (Å²) in [7, 11) is 13.7. The van der Waals surface area contributed by atoms with Crippen LogP contribution >= 0.6 is 51.5 Å². The van der Waals surface area contributed by atoms with Gasteiger partial charge in [0.1, 0.15) is 78.0 Å². The zero-order valence-electron chi connectivity index (χ0n) is 64.0. The number of rotatable bonds is 21. The maximum absolute atomic E-state index is 13.4. The van der Waals surface area contributed by atoms with Gasteiger partial charge in [0, 0.05) is 45.7 Å². The second-order valence-electron chi connectivity index (χ2n) is 24.5. The van der Waals surface area contributed by atoms with Crippen LogP contribution in [0.4, 0.5) is 30.7 Å². The summed E-state index contributed by atoms with van der Waals surface area (Å²) < 4.78 is 135. The van der Waals surface area contributed by atoms with Gasteiger partial charge in [0.2, 0.25) is 0 Å². The molecule has 7 rings (SSSR count). The molecule has 28 heteroatoms. The molecule has 0 spiro atoms. The molecule has 0 saturated carbocycles. The average molecular weight is 1730 g/mol. The van der Waals surface area contributed by atoms with Gasteiger partial charge < -0.3 is 48.8 Å². The van der Waals surface area contributed by atoms with E-state index in [9.17, 15) is 64.3 Å². The Morgan fingerprint density at radius 2 is 0.895 bits per heavy atom. The van der Waals surface area contributed by atoms with Crippen molar-refractivity contribution in [3.05, 3.63) is 218 Å². The molecule has 0 amide bonds. The first kappa shape index (κ1) is 104. The van der Waals surface area contributed by atoms with E-state index in [1.54, 1.807) is 75.9 Å². The third-order valence-corrected chi connectivity index (χ3v) is 12.3. The van der Waals surface area contributed by atoms with Crippen molar-refractivity contribution in [2.75, 3.05) is 52.3 Å². The Balaban J connectivity index is -0.000000559. The molecule has 6 aromatic rings. The number of aromatic hydroxyl groups is 1. The normalized spacial score (nSPS) is 12.9. The number of phenols is 1. The molecule has 0 bridgehead atoms. The van der Waals surface area contributed by atoms with E-state index in [4.69, 9.17) is 65.6 Å². The summed E-state index contributed by atoms with van der Waals surface area (Å²) in [6.07, 6.45) is 6.39. The van der Waals surface area contributed by atoms with E-state index in [0.29, 0.717) is 42.1 Å². The van der Waals surface area contributed by atoms with Crippen molar-refractivity contribution in [1.29, 1.82) is 0 Å². The standard InChI is InChI=1S/C16H23FO3.2C12H17FO2.C9H9FO.C8H7FO.C7H5FO2.C6H10O2.C3H9IOS.C3H8O.CH3F.3ClH.Fe/c1-5-6-16(18)19-10-15(20-11(2)3)14-9-13(17)8-7-12(14)4;2*1-8(2)15-12(7-14)11-6-10(13)5-4-9(11)3;1-6-2-3-7(10)4-8(6)9-5-11-9;1-6-2-3-8(9)4-7(6)5-10;8-6-1-2-7(10)5(3-6)4-9;1-3-5-6(7)8-4-2;1-6(2,3,4)5;1-3(2)4;1-2;;;;/h7-9,11,15H,5-6,10H2,1-4H3;2*4-6,8,12,14H,7H2,1-3H3;2-4,9H,5H2,1H3;2-5H,1H3;1-4,10H;4H,2-3,5H2,1H3;1-3H3;3-4H,1-2H3;1H3;3*1H;/q;;;;;;;;;;;;;+3/p-3/t15-;12-;;;;;;;;;;;;/m00............/s1/i;;;;;;;;;1D;;;;.